The van der Waals surface area contributed by atoms with E-state index in [9.17, 15) is 4.79 Å². The van der Waals surface area contributed by atoms with Crippen LogP contribution in [-0.2, 0) is 4.74 Å². The van der Waals surface area contributed by atoms with Crippen LogP contribution in [0.5, 0.6) is 5.75 Å². The Morgan fingerprint density at radius 1 is 1.12 bits per heavy atom. The van der Waals surface area contributed by atoms with Gasteiger partial charge in [0.05, 0.1) is 17.2 Å². The van der Waals surface area contributed by atoms with Crippen LogP contribution >= 0.6 is 0 Å². The molecule has 0 saturated heterocycles. The van der Waals surface area contributed by atoms with E-state index in [4.69, 9.17) is 9.47 Å². The van der Waals surface area contributed by atoms with Gasteiger partial charge in [-0.3, -0.25) is 4.98 Å². The fraction of sp³-hybridized carbons (Fsp3) is 0.150. The van der Waals surface area contributed by atoms with Gasteiger partial charge in [-0.25, -0.2) is 9.31 Å². The second kappa shape index (κ2) is 6.84. The Bertz CT molecular complexity index is 1080. The summed E-state index contributed by atoms with van der Waals surface area (Å²) in [4.78, 5) is 16.6. The first-order chi connectivity index (χ1) is 12.7. The molecule has 26 heavy (non-hydrogen) atoms. The van der Waals surface area contributed by atoms with Crippen LogP contribution in [0.4, 0.5) is 0 Å². The van der Waals surface area contributed by atoms with E-state index in [1.165, 1.54) is 6.20 Å². The molecule has 0 aliphatic carbocycles. The molecule has 0 N–H and O–H groups in total. The molecule has 0 bridgehead atoms. The SMILES string of the molecule is Cc1cccn2ncc(C(=O)OCCOc3ccnc4ccccc34)c12. The molecule has 0 saturated carbocycles. The van der Waals surface area contributed by atoms with Crippen molar-refractivity contribution in [2.45, 2.75) is 6.92 Å². The molecular weight excluding hydrogens is 330 g/mol. The van der Waals surface area contributed by atoms with Crippen molar-refractivity contribution in [1.82, 2.24) is 14.6 Å². The fourth-order valence-electron chi connectivity index (χ4n) is 2.92. The molecule has 1 aromatic carbocycles. The van der Waals surface area contributed by atoms with Crippen LogP contribution in [-0.4, -0.2) is 33.8 Å². The van der Waals surface area contributed by atoms with Gasteiger partial charge in [-0.2, -0.15) is 5.10 Å². The Labute approximate surface area is 150 Å². The van der Waals surface area contributed by atoms with Gasteiger partial charge in [-0.1, -0.05) is 18.2 Å². The van der Waals surface area contributed by atoms with Crippen molar-refractivity contribution < 1.29 is 14.3 Å². The van der Waals surface area contributed by atoms with Gasteiger partial charge in [-0.05, 0) is 36.8 Å². The summed E-state index contributed by atoms with van der Waals surface area (Å²) in [7, 11) is 0. The Morgan fingerprint density at radius 3 is 2.92 bits per heavy atom. The monoisotopic (exact) mass is 347 g/mol. The lowest BCUT2D eigenvalue weighted by Gasteiger charge is -2.09. The topological polar surface area (TPSA) is 65.7 Å². The molecule has 130 valence electrons. The highest BCUT2D eigenvalue weighted by atomic mass is 16.6. The third-order valence-electron chi connectivity index (χ3n) is 4.15. The van der Waals surface area contributed by atoms with Crippen LogP contribution in [0.25, 0.3) is 16.4 Å². The summed E-state index contributed by atoms with van der Waals surface area (Å²) in [5, 5.41) is 5.12. The van der Waals surface area contributed by atoms with Crippen LogP contribution in [0, 0.1) is 6.92 Å². The number of ether oxygens (including phenoxy) is 2. The summed E-state index contributed by atoms with van der Waals surface area (Å²) < 4.78 is 12.8. The second-order valence-electron chi connectivity index (χ2n) is 5.85. The van der Waals surface area contributed by atoms with Crippen molar-refractivity contribution in [1.29, 1.82) is 0 Å². The zero-order valence-electron chi connectivity index (χ0n) is 14.3. The van der Waals surface area contributed by atoms with Crippen LogP contribution < -0.4 is 4.74 Å². The summed E-state index contributed by atoms with van der Waals surface area (Å²) in [6.07, 6.45) is 5.03. The highest BCUT2D eigenvalue weighted by molar-refractivity contribution is 5.97. The number of rotatable bonds is 5. The van der Waals surface area contributed by atoms with Crippen LogP contribution in [0.2, 0.25) is 0 Å². The Balaban J connectivity index is 1.41. The molecule has 0 amide bonds. The zero-order valence-corrected chi connectivity index (χ0v) is 14.3. The largest absolute Gasteiger partial charge is 0.489 e. The molecule has 0 fully saturated rings. The summed E-state index contributed by atoms with van der Waals surface area (Å²) in [5.41, 5.74) is 3.05. The van der Waals surface area contributed by atoms with Gasteiger partial charge in [-0.15, -0.1) is 0 Å². The van der Waals surface area contributed by atoms with Gasteiger partial charge >= 0.3 is 5.97 Å². The van der Waals surface area contributed by atoms with Gasteiger partial charge in [0.2, 0.25) is 0 Å². The summed E-state index contributed by atoms with van der Waals surface area (Å²) in [5.74, 6) is 0.316. The van der Waals surface area contributed by atoms with E-state index in [1.807, 2.05) is 43.3 Å². The zero-order chi connectivity index (χ0) is 17.9. The van der Waals surface area contributed by atoms with Crippen molar-refractivity contribution in [3.05, 3.63) is 72.2 Å². The number of para-hydroxylation sites is 1. The molecule has 0 aliphatic heterocycles. The number of nitrogens with zero attached hydrogens (tertiary/aromatic N) is 3. The standard InChI is InChI=1S/C20H17N3O3/c1-14-5-4-10-23-19(14)16(13-22-23)20(24)26-12-11-25-18-8-9-21-17-7-3-2-6-15(17)18/h2-10,13H,11-12H2,1H3. The average molecular weight is 347 g/mol. The lowest BCUT2D eigenvalue weighted by Crippen LogP contribution is -2.12. The van der Waals surface area contributed by atoms with Gasteiger partial charge in [0, 0.05) is 17.8 Å². The molecular formula is C20H17N3O3. The van der Waals surface area contributed by atoms with Crippen LogP contribution in [0.15, 0.2) is 61.1 Å². The van der Waals surface area contributed by atoms with E-state index in [2.05, 4.69) is 10.1 Å². The number of hydrogen-bond acceptors (Lipinski definition) is 5. The third-order valence-corrected chi connectivity index (χ3v) is 4.15. The predicted octanol–water partition coefficient (Wildman–Crippen LogP) is 3.43. The van der Waals surface area contributed by atoms with E-state index < -0.39 is 5.97 Å². The smallest absolute Gasteiger partial charge is 0.342 e. The predicted molar refractivity (Wildman–Crippen MR) is 97.4 cm³/mol. The molecule has 3 aromatic heterocycles. The van der Waals surface area contributed by atoms with Crippen molar-refractivity contribution in [2.75, 3.05) is 13.2 Å². The quantitative estimate of drug-likeness (QED) is 0.409. The molecule has 6 nitrogen and oxygen atoms in total. The number of hydrogen-bond donors (Lipinski definition) is 0. The lowest BCUT2D eigenvalue weighted by molar-refractivity contribution is 0.0453. The number of carbonyl (C=O) groups is 1. The molecule has 0 atom stereocenters. The number of aromatic nitrogens is 3. The Morgan fingerprint density at radius 2 is 2.00 bits per heavy atom. The summed E-state index contributed by atoms with van der Waals surface area (Å²) >= 11 is 0. The maximum absolute atomic E-state index is 12.4. The molecule has 4 rings (SSSR count). The minimum Gasteiger partial charge on any atom is -0.489 e. The summed E-state index contributed by atoms with van der Waals surface area (Å²) in [6, 6.07) is 13.4. The average Bonchev–Trinajstić information content (AvgIpc) is 3.11. The Hall–Kier alpha value is -3.41. The van der Waals surface area contributed by atoms with E-state index in [0.717, 1.165) is 27.7 Å². The Kier molecular flexibility index (Phi) is 4.23. The van der Waals surface area contributed by atoms with Gasteiger partial charge in [0.25, 0.3) is 0 Å². The highest BCUT2D eigenvalue weighted by Crippen LogP contribution is 2.23. The molecule has 6 heteroatoms. The van der Waals surface area contributed by atoms with E-state index in [-0.39, 0.29) is 13.2 Å². The van der Waals surface area contributed by atoms with Crippen molar-refractivity contribution >= 4 is 22.4 Å². The fourth-order valence-corrected chi connectivity index (χ4v) is 2.92. The third kappa shape index (κ3) is 2.97. The van der Waals surface area contributed by atoms with E-state index in [1.54, 1.807) is 23.0 Å². The molecule has 3 heterocycles. The first-order valence-electron chi connectivity index (χ1n) is 8.30. The second-order valence-corrected chi connectivity index (χ2v) is 5.85. The van der Waals surface area contributed by atoms with Crippen molar-refractivity contribution in [2.24, 2.45) is 0 Å². The highest BCUT2D eigenvalue weighted by Gasteiger charge is 2.15. The molecule has 0 aliphatic rings. The van der Waals surface area contributed by atoms with Gasteiger partial charge < -0.3 is 9.47 Å². The van der Waals surface area contributed by atoms with Crippen molar-refractivity contribution in [3.63, 3.8) is 0 Å². The number of esters is 1. The lowest BCUT2D eigenvalue weighted by atomic mass is 10.2. The molecule has 0 spiro atoms. The maximum Gasteiger partial charge on any atom is 0.342 e. The van der Waals surface area contributed by atoms with Crippen LogP contribution in [0.1, 0.15) is 15.9 Å². The molecule has 0 unspecified atom stereocenters. The van der Waals surface area contributed by atoms with Crippen LogP contribution in [0.3, 0.4) is 0 Å². The molecule has 0 radical (unpaired) electrons. The normalized spacial score (nSPS) is 11.0. The number of pyridine rings is 2. The first-order valence-corrected chi connectivity index (χ1v) is 8.30. The van der Waals surface area contributed by atoms with Gasteiger partial charge in [0.15, 0.2) is 0 Å². The number of carbonyl (C=O) groups excluding carboxylic acids is 1. The van der Waals surface area contributed by atoms with E-state index in [0.29, 0.717) is 5.56 Å². The minimum atomic E-state index is -0.405. The van der Waals surface area contributed by atoms with Gasteiger partial charge in [0.1, 0.15) is 24.5 Å². The number of fused-ring (bicyclic) bond motifs is 2. The van der Waals surface area contributed by atoms with Crippen molar-refractivity contribution in [3.8, 4) is 5.75 Å². The molecule has 4 aromatic rings. The minimum absolute atomic E-state index is 0.151. The number of aryl methyl sites for hydroxylation is 1. The first kappa shape index (κ1) is 16.1. The van der Waals surface area contributed by atoms with E-state index >= 15 is 0 Å². The number of benzene rings is 1. The maximum atomic E-state index is 12.4. The summed E-state index contributed by atoms with van der Waals surface area (Å²) in [6.45, 7) is 2.35.